The van der Waals surface area contributed by atoms with Crippen LogP contribution in [0.4, 0.5) is 5.69 Å². The lowest BCUT2D eigenvalue weighted by Gasteiger charge is -2.13. The summed E-state index contributed by atoms with van der Waals surface area (Å²) >= 11 is 0. The maximum atomic E-state index is 12.0. The highest BCUT2D eigenvalue weighted by Crippen LogP contribution is 2.17. The summed E-state index contributed by atoms with van der Waals surface area (Å²) in [5.74, 6) is -0.177. The van der Waals surface area contributed by atoms with Crippen LogP contribution < -0.4 is 5.32 Å². The number of methoxy groups -OCH3 is 1. The molecule has 0 bridgehead atoms. The number of carbonyl (C=O) groups is 1. The van der Waals surface area contributed by atoms with Crippen LogP contribution in [-0.4, -0.2) is 41.9 Å². The minimum atomic E-state index is -0.525. The molecule has 0 fully saturated rings. The average molecular weight is 317 g/mol. The third-order valence-electron chi connectivity index (χ3n) is 3.69. The zero-order valence-corrected chi connectivity index (χ0v) is 14.0. The van der Waals surface area contributed by atoms with Gasteiger partial charge in [0.1, 0.15) is 6.10 Å². The molecule has 1 atom stereocenters. The van der Waals surface area contributed by atoms with E-state index in [1.165, 1.54) is 0 Å². The molecule has 0 aliphatic heterocycles. The Morgan fingerprint density at radius 2 is 1.96 bits per heavy atom. The molecule has 1 heterocycles. The highest BCUT2D eigenvalue weighted by Gasteiger charge is 2.13. The van der Waals surface area contributed by atoms with Gasteiger partial charge in [-0.05, 0) is 45.0 Å². The van der Waals surface area contributed by atoms with Gasteiger partial charge in [0, 0.05) is 24.2 Å². The Morgan fingerprint density at radius 3 is 2.52 bits per heavy atom. The van der Waals surface area contributed by atoms with Gasteiger partial charge in [-0.2, -0.15) is 0 Å². The molecule has 2 rings (SSSR count). The molecule has 124 valence electrons. The standard InChI is InChI=1S/C17H23N3O3/c1-12-13(2)20(11-18-12)16-7-5-15(6-8-16)19-17(21)14(3)23-10-9-22-4/h5-8,11,14H,9-10H2,1-4H3,(H,19,21). The number of imidazole rings is 1. The van der Waals surface area contributed by atoms with Gasteiger partial charge in [-0.1, -0.05) is 0 Å². The van der Waals surface area contributed by atoms with E-state index in [4.69, 9.17) is 9.47 Å². The van der Waals surface area contributed by atoms with Crippen LogP contribution in [0.15, 0.2) is 30.6 Å². The number of ether oxygens (including phenoxy) is 2. The van der Waals surface area contributed by atoms with Crippen molar-refractivity contribution >= 4 is 11.6 Å². The van der Waals surface area contributed by atoms with E-state index in [9.17, 15) is 4.79 Å². The molecule has 0 saturated heterocycles. The maximum Gasteiger partial charge on any atom is 0.253 e. The van der Waals surface area contributed by atoms with Gasteiger partial charge in [0.15, 0.2) is 0 Å². The van der Waals surface area contributed by atoms with E-state index in [1.54, 1.807) is 20.4 Å². The Hall–Kier alpha value is -2.18. The second kappa shape index (κ2) is 7.89. The number of carbonyl (C=O) groups excluding carboxylic acids is 1. The first kappa shape index (κ1) is 17.2. The lowest BCUT2D eigenvalue weighted by Crippen LogP contribution is -2.28. The topological polar surface area (TPSA) is 65.4 Å². The minimum Gasteiger partial charge on any atom is -0.382 e. The van der Waals surface area contributed by atoms with Gasteiger partial charge in [-0.25, -0.2) is 4.98 Å². The molecule has 1 amide bonds. The number of hydrogen-bond acceptors (Lipinski definition) is 4. The smallest absolute Gasteiger partial charge is 0.253 e. The second-order valence-electron chi connectivity index (χ2n) is 5.33. The van der Waals surface area contributed by atoms with Crippen molar-refractivity contribution in [2.24, 2.45) is 0 Å². The van der Waals surface area contributed by atoms with E-state index in [0.717, 1.165) is 22.8 Å². The number of benzene rings is 1. The normalized spacial score (nSPS) is 12.2. The first-order valence-electron chi connectivity index (χ1n) is 7.55. The van der Waals surface area contributed by atoms with Crippen LogP contribution in [0.1, 0.15) is 18.3 Å². The summed E-state index contributed by atoms with van der Waals surface area (Å²) in [4.78, 5) is 16.3. The average Bonchev–Trinajstić information content (AvgIpc) is 2.88. The number of aryl methyl sites for hydroxylation is 1. The number of nitrogens with zero attached hydrogens (tertiary/aromatic N) is 2. The zero-order chi connectivity index (χ0) is 16.8. The van der Waals surface area contributed by atoms with Crippen LogP contribution in [0.2, 0.25) is 0 Å². The van der Waals surface area contributed by atoms with E-state index in [0.29, 0.717) is 13.2 Å². The van der Waals surface area contributed by atoms with Crippen LogP contribution in [0.3, 0.4) is 0 Å². The van der Waals surface area contributed by atoms with Crippen LogP contribution in [0.5, 0.6) is 0 Å². The van der Waals surface area contributed by atoms with Crippen molar-refractivity contribution in [2.45, 2.75) is 26.9 Å². The van der Waals surface area contributed by atoms with Crippen molar-refractivity contribution in [2.75, 3.05) is 25.6 Å². The Morgan fingerprint density at radius 1 is 1.26 bits per heavy atom. The second-order valence-corrected chi connectivity index (χ2v) is 5.33. The molecule has 0 aliphatic carbocycles. The van der Waals surface area contributed by atoms with Crippen LogP contribution in [-0.2, 0) is 14.3 Å². The fraction of sp³-hybridized carbons (Fsp3) is 0.412. The van der Waals surface area contributed by atoms with Crippen molar-refractivity contribution in [1.82, 2.24) is 9.55 Å². The third kappa shape index (κ3) is 4.40. The lowest BCUT2D eigenvalue weighted by atomic mass is 10.2. The number of anilines is 1. The van der Waals surface area contributed by atoms with Gasteiger partial charge in [0.05, 0.1) is 25.2 Å². The molecule has 23 heavy (non-hydrogen) atoms. The number of aromatic nitrogens is 2. The van der Waals surface area contributed by atoms with E-state index in [2.05, 4.69) is 10.3 Å². The summed E-state index contributed by atoms with van der Waals surface area (Å²) in [5, 5.41) is 2.84. The predicted molar refractivity (Wildman–Crippen MR) is 89.0 cm³/mol. The van der Waals surface area contributed by atoms with E-state index in [-0.39, 0.29) is 5.91 Å². The Kier molecular flexibility index (Phi) is 5.90. The predicted octanol–water partition coefficient (Wildman–Crippen LogP) is 2.48. The molecule has 0 radical (unpaired) electrons. The fourth-order valence-corrected chi connectivity index (χ4v) is 2.09. The molecule has 0 spiro atoms. The lowest BCUT2D eigenvalue weighted by molar-refractivity contribution is -0.127. The van der Waals surface area contributed by atoms with Gasteiger partial charge < -0.3 is 19.4 Å². The van der Waals surface area contributed by atoms with Crippen molar-refractivity contribution in [3.63, 3.8) is 0 Å². The molecule has 0 saturated carbocycles. The Bertz CT molecular complexity index is 650. The van der Waals surface area contributed by atoms with Gasteiger partial charge in [-0.3, -0.25) is 4.79 Å². The molecule has 1 N–H and O–H groups in total. The maximum absolute atomic E-state index is 12.0. The molecule has 1 aromatic heterocycles. The van der Waals surface area contributed by atoms with Crippen molar-refractivity contribution < 1.29 is 14.3 Å². The number of hydrogen-bond donors (Lipinski definition) is 1. The first-order chi connectivity index (χ1) is 11.0. The molecular formula is C17H23N3O3. The van der Waals surface area contributed by atoms with Crippen LogP contribution >= 0.6 is 0 Å². The molecule has 2 aromatic rings. The molecule has 1 unspecified atom stereocenters. The molecule has 1 aromatic carbocycles. The van der Waals surface area contributed by atoms with Gasteiger partial charge in [-0.15, -0.1) is 0 Å². The number of nitrogens with one attached hydrogen (secondary N) is 1. The minimum absolute atomic E-state index is 0.177. The quantitative estimate of drug-likeness (QED) is 0.797. The summed E-state index contributed by atoms with van der Waals surface area (Å²) < 4.78 is 12.3. The molecule has 0 aliphatic rings. The van der Waals surface area contributed by atoms with Gasteiger partial charge >= 0.3 is 0 Å². The third-order valence-corrected chi connectivity index (χ3v) is 3.69. The van der Waals surface area contributed by atoms with Crippen molar-refractivity contribution in [1.29, 1.82) is 0 Å². The molecule has 6 heteroatoms. The first-order valence-corrected chi connectivity index (χ1v) is 7.55. The summed E-state index contributed by atoms with van der Waals surface area (Å²) in [6.07, 6.45) is 1.27. The fourth-order valence-electron chi connectivity index (χ4n) is 2.09. The summed E-state index contributed by atoms with van der Waals surface area (Å²) in [6.45, 7) is 6.58. The summed E-state index contributed by atoms with van der Waals surface area (Å²) in [7, 11) is 1.60. The van der Waals surface area contributed by atoms with Crippen molar-refractivity contribution in [3.8, 4) is 5.69 Å². The van der Waals surface area contributed by atoms with E-state index < -0.39 is 6.10 Å². The number of rotatable bonds is 7. The van der Waals surface area contributed by atoms with Crippen molar-refractivity contribution in [3.05, 3.63) is 42.0 Å². The van der Waals surface area contributed by atoms with Crippen LogP contribution in [0.25, 0.3) is 5.69 Å². The SMILES string of the molecule is COCCOC(C)C(=O)Nc1ccc(-n2cnc(C)c2C)cc1. The molecule has 6 nitrogen and oxygen atoms in total. The van der Waals surface area contributed by atoms with Gasteiger partial charge in [0.2, 0.25) is 0 Å². The number of amides is 1. The monoisotopic (exact) mass is 317 g/mol. The summed E-state index contributed by atoms with van der Waals surface area (Å²) in [5.41, 5.74) is 3.84. The Labute approximate surface area is 136 Å². The zero-order valence-electron chi connectivity index (χ0n) is 14.0. The van der Waals surface area contributed by atoms with Gasteiger partial charge in [0.25, 0.3) is 5.91 Å². The Balaban J connectivity index is 1.97. The largest absolute Gasteiger partial charge is 0.382 e. The van der Waals surface area contributed by atoms with E-state index in [1.807, 2.05) is 42.7 Å². The highest BCUT2D eigenvalue weighted by molar-refractivity contribution is 5.93. The molecular weight excluding hydrogens is 294 g/mol. The highest BCUT2D eigenvalue weighted by atomic mass is 16.5. The summed E-state index contributed by atoms with van der Waals surface area (Å²) in [6, 6.07) is 7.62. The van der Waals surface area contributed by atoms with Crippen LogP contribution in [0, 0.1) is 13.8 Å². The van der Waals surface area contributed by atoms with E-state index >= 15 is 0 Å².